The maximum Gasteiger partial charge on any atom is 0.335 e. The number of amides is 1. The Kier molecular flexibility index (Phi) is 5.30. The fraction of sp³-hybridized carbons (Fsp3) is 0.333. The summed E-state index contributed by atoms with van der Waals surface area (Å²) < 4.78 is 0.538. The summed E-state index contributed by atoms with van der Waals surface area (Å²) in [6.07, 6.45) is 0.946. The van der Waals surface area contributed by atoms with Crippen molar-refractivity contribution in [1.82, 2.24) is 0 Å². The molecule has 1 amide bonds. The van der Waals surface area contributed by atoms with E-state index in [-0.39, 0.29) is 17.5 Å². The molecule has 18 heavy (non-hydrogen) atoms. The third-order valence-electron chi connectivity index (χ3n) is 2.32. The predicted octanol–water partition coefficient (Wildman–Crippen LogP) is 2.21. The number of nitrogens with one attached hydrogen (secondary N) is 1. The van der Waals surface area contributed by atoms with Crippen molar-refractivity contribution < 1.29 is 14.7 Å². The topological polar surface area (TPSA) is 92.4 Å². The quantitative estimate of drug-likeness (QED) is 0.777. The molecule has 6 heteroatoms. The zero-order valence-corrected chi connectivity index (χ0v) is 11.5. The summed E-state index contributed by atoms with van der Waals surface area (Å²) in [5.74, 6) is -1.15. The molecule has 0 spiro atoms. The number of hydrogen-bond donors (Lipinski definition) is 3. The summed E-state index contributed by atoms with van der Waals surface area (Å²) in [6, 6.07) is 4.42. The average Bonchev–Trinajstić information content (AvgIpc) is 2.29. The first kappa shape index (κ1) is 14.7. The van der Waals surface area contributed by atoms with Gasteiger partial charge in [0.2, 0.25) is 5.91 Å². The van der Waals surface area contributed by atoms with Crippen LogP contribution in [0.5, 0.6) is 0 Å². The molecule has 0 aliphatic rings. The van der Waals surface area contributed by atoms with Crippen LogP contribution in [-0.2, 0) is 4.79 Å². The van der Waals surface area contributed by atoms with Gasteiger partial charge < -0.3 is 16.2 Å². The molecular weight excluding hydrogens is 300 g/mol. The summed E-state index contributed by atoms with van der Waals surface area (Å²) in [5, 5.41) is 11.5. The van der Waals surface area contributed by atoms with Gasteiger partial charge in [0.1, 0.15) is 0 Å². The standard InChI is InChI=1S/C12H15BrN2O3/c1-7(14)2-5-11(16)15-10-4-3-8(12(17)18)6-9(10)13/h3-4,6-7H,2,5,14H2,1H3,(H,15,16)(H,17,18). The minimum atomic E-state index is -1.01. The summed E-state index contributed by atoms with van der Waals surface area (Å²) in [5.41, 5.74) is 6.28. The molecule has 0 aliphatic carbocycles. The molecular formula is C12H15BrN2O3. The monoisotopic (exact) mass is 314 g/mol. The van der Waals surface area contributed by atoms with Crippen LogP contribution in [0.2, 0.25) is 0 Å². The molecule has 4 N–H and O–H groups in total. The van der Waals surface area contributed by atoms with Gasteiger partial charge in [-0.1, -0.05) is 0 Å². The highest BCUT2D eigenvalue weighted by atomic mass is 79.9. The minimum Gasteiger partial charge on any atom is -0.478 e. The van der Waals surface area contributed by atoms with Crippen molar-refractivity contribution in [2.45, 2.75) is 25.8 Å². The van der Waals surface area contributed by atoms with Gasteiger partial charge in [-0.2, -0.15) is 0 Å². The van der Waals surface area contributed by atoms with E-state index in [1.54, 1.807) is 6.07 Å². The molecule has 1 unspecified atom stereocenters. The van der Waals surface area contributed by atoms with Crippen molar-refractivity contribution in [3.8, 4) is 0 Å². The van der Waals surface area contributed by atoms with E-state index in [9.17, 15) is 9.59 Å². The highest BCUT2D eigenvalue weighted by molar-refractivity contribution is 9.10. The second-order valence-corrected chi connectivity index (χ2v) is 4.92. The van der Waals surface area contributed by atoms with E-state index in [2.05, 4.69) is 21.2 Å². The Bertz CT molecular complexity index is 461. The fourth-order valence-corrected chi connectivity index (χ4v) is 1.80. The Morgan fingerprint density at radius 2 is 2.17 bits per heavy atom. The smallest absolute Gasteiger partial charge is 0.335 e. The molecule has 0 saturated heterocycles. The summed E-state index contributed by atoms with van der Waals surface area (Å²) in [7, 11) is 0. The van der Waals surface area contributed by atoms with Crippen molar-refractivity contribution in [3.05, 3.63) is 28.2 Å². The number of carbonyl (C=O) groups excluding carboxylic acids is 1. The maximum atomic E-state index is 11.6. The van der Waals surface area contributed by atoms with Gasteiger partial charge in [-0.3, -0.25) is 4.79 Å². The molecule has 1 aromatic carbocycles. The normalized spacial score (nSPS) is 11.9. The lowest BCUT2D eigenvalue weighted by atomic mass is 10.1. The molecule has 0 saturated carbocycles. The van der Waals surface area contributed by atoms with E-state index in [4.69, 9.17) is 10.8 Å². The zero-order chi connectivity index (χ0) is 13.7. The van der Waals surface area contributed by atoms with Gasteiger partial charge in [-0.05, 0) is 47.5 Å². The Balaban J connectivity index is 2.68. The third-order valence-corrected chi connectivity index (χ3v) is 2.97. The van der Waals surface area contributed by atoms with Crippen LogP contribution in [0.15, 0.2) is 22.7 Å². The van der Waals surface area contributed by atoms with Crippen molar-refractivity contribution in [2.75, 3.05) is 5.32 Å². The second-order valence-electron chi connectivity index (χ2n) is 4.06. The first-order valence-corrected chi connectivity index (χ1v) is 6.27. The third kappa shape index (κ3) is 4.46. The van der Waals surface area contributed by atoms with Crippen molar-refractivity contribution in [1.29, 1.82) is 0 Å². The molecule has 1 rings (SSSR count). The van der Waals surface area contributed by atoms with E-state index in [1.165, 1.54) is 12.1 Å². The fourth-order valence-electron chi connectivity index (χ4n) is 1.32. The number of carboxylic acids is 1. The van der Waals surface area contributed by atoms with E-state index in [0.717, 1.165) is 0 Å². The summed E-state index contributed by atoms with van der Waals surface area (Å²) >= 11 is 3.22. The van der Waals surface area contributed by atoms with E-state index < -0.39 is 5.97 Å². The average molecular weight is 315 g/mol. The second kappa shape index (κ2) is 6.51. The van der Waals surface area contributed by atoms with Gasteiger partial charge in [0.15, 0.2) is 0 Å². The first-order valence-electron chi connectivity index (χ1n) is 5.48. The molecule has 0 radical (unpaired) electrons. The number of nitrogens with two attached hydrogens (primary N) is 1. The largest absolute Gasteiger partial charge is 0.478 e. The number of carboxylic acid groups (broad SMARTS) is 1. The molecule has 5 nitrogen and oxygen atoms in total. The molecule has 0 fully saturated rings. The maximum absolute atomic E-state index is 11.6. The van der Waals surface area contributed by atoms with E-state index in [0.29, 0.717) is 23.0 Å². The summed E-state index contributed by atoms with van der Waals surface area (Å²) in [6.45, 7) is 1.84. The number of carbonyl (C=O) groups is 2. The zero-order valence-electron chi connectivity index (χ0n) is 9.94. The van der Waals surface area contributed by atoms with Crippen LogP contribution in [0.3, 0.4) is 0 Å². The Hall–Kier alpha value is -1.40. The highest BCUT2D eigenvalue weighted by Gasteiger charge is 2.09. The van der Waals surface area contributed by atoms with Crippen LogP contribution in [0.25, 0.3) is 0 Å². The van der Waals surface area contributed by atoms with Gasteiger partial charge in [0.25, 0.3) is 0 Å². The Morgan fingerprint density at radius 3 is 2.67 bits per heavy atom. The molecule has 0 aromatic heterocycles. The number of anilines is 1. The van der Waals surface area contributed by atoms with Crippen molar-refractivity contribution >= 4 is 33.5 Å². The van der Waals surface area contributed by atoms with Crippen LogP contribution in [0.1, 0.15) is 30.1 Å². The number of aromatic carboxylic acids is 1. The van der Waals surface area contributed by atoms with Crippen molar-refractivity contribution in [3.63, 3.8) is 0 Å². The van der Waals surface area contributed by atoms with Crippen LogP contribution in [0.4, 0.5) is 5.69 Å². The lowest BCUT2D eigenvalue weighted by molar-refractivity contribution is -0.116. The molecule has 98 valence electrons. The van der Waals surface area contributed by atoms with Crippen LogP contribution >= 0.6 is 15.9 Å². The van der Waals surface area contributed by atoms with Gasteiger partial charge in [0.05, 0.1) is 11.3 Å². The highest BCUT2D eigenvalue weighted by Crippen LogP contribution is 2.24. The molecule has 0 aliphatic heterocycles. The lowest BCUT2D eigenvalue weighted by Gasteiger charge is -2.09. The lowest BCUT2D eigenvalue weighted by Crippen LogP contribution is -2.19. The Morgan fingerprint density at radius 1 is 1.50 bits per heavy atom. The van der Waals surface area contributed by atoms with Gasteiger partial charge in [-0.15, -0.1) is 0 Å². The molecule has 1 aromatic rings. The SMILES string of the molecule is CC(N)CCC(=O)Nc1ccc(C(=O)O)cc1Br. The van der Waals surface area contributed by atoms with Gasteiger partial charge in [-0.25, -0.2) is 4.79 Å². The predicted molar refractivity (Wildman–Crippen MR) is 72.6 cm³/mol. The van der Waals surface area contributed by atoms with Crippen LogP contribution in [0, 0.1) is 0 Å². The van der Waals surface area contributed by atoms with Gasteiger partial charge >= 0.3 is 5.97 Å². The van der Waals surface area contributed by atoms with E-state index in [1.807, 2.05) is 6.92 Å². The summed E-state index contributed by atoms with van der Waals surface area (Å²) in [4.78, 5) is 22.3. The number of halogens is 1. The van der Waals surface area contributed by atoms with Crippen LogP contribution in [-0.4, -0.2) is 23.0 Å². The number of rotatable bonds is 5. The minimum absolute atomic E-state index is 0.0198. The number of hydrogen-bond acceptors (Lipinski definition) is 3. The van der Waals surface area contributed by atoms with Crippen LogP contribution < -0.4 is 11.1 Å². The molecule has 0 heterocycles. The van der Waals surface area contributed by atoms with Crippen molar-refractivity contribution in [2.24, 2.45) is 5.73 Å². The van der Waals surface area contributed by atoms with E-state index >= 15 is 0 Å². The molecule has 1 atom stereocenters. The first-order chi connectivity index (χ1) is 8.40. The number of benzene rings is 1. The molecule has 0 bridgehead atoms. The Labute approximate surface area is 113 Å². The van der Waals surface area contributed by atoms with Gasteiger partial charge in [0, 0.05) is 16.9 Å².